The van der Waals surface area contributed by atoms with Crippen LogP contribution in [0.1, 0.15) is 39.0 Å². The van der Waals surface area contributed by atoms with Crippen molar-refractivity contribution < 1.29 is 4.74 Å². The van der Waals surface area contributed by atoms with Crippen LogP contribution in [0, 0.1) is 0 Å². The van der Waals surface area contributed by atoms with Gasteiger partial charge in [0, 0.05) is 19.6 Å². The van der Waals surface area contributed by atoms with E-state index in [0.29, 0.717) is 6.04 Å². The van der Waals surface area contributed by atoms with Gasteiger partial charge in [-0.3, -0.25) is 0 Å². The summed E-state index contributed by atoms with van der Waals surface area (Å²) in [6.07, 6.45) is 6.62. The van der Waals surface area contributed by atoms with Gasteiger partial charge in [-0.25, -0.2) is 0 Å². The summed E-state index contributed by atoms with van der Waals surface area (Å²) in [5.74, 6) is 0.982. The Kier molecular flexibility index (Phi) is 5.82. The normalized spacial score (nSPS) is 20.9. The predicted octanol–water partition coefficient (Wildman–Crippen LogP) is 3.41. The number of fused-ring (bicyclic) bond motifs is 1. The molecule has 24 heavy (non-hydrogen) atoms. The number of benzene rings is 1. The Labute approximate surface area is 151 Å². The van der Waals surface area contributed by atoms with Crippen molar-refractivity contribution in [2.75, 3.05) is 31.6 Å². The highest BCUT2D eigenvalue weighted by molar-refractivity contribution is 7.80. The molecule has 132 valence electrons. The maximum absolute atomic E-state index is 6.20. The van der Waals surface area contributed by atoms with Crippen LogP contribution in [0.5, 0.6) is 5.75 Å². The average Bonchev–Trinajstić information content (AvgIpc) is 2.61. The van der Waals surface area contributed by atoms with Gasteiger partial charge in [0.2, 0.25) is 0 Å². The summed E-state index contributed by atoms with van der Waals surface area (Å²) in [6, 6.07) is 8.85. The zero-order valence-electron chi connectivity index (χ0n) is 14.8. The Morgan fingerprint density at radius 1 is 1.29 bits per heavy atom. The largest absolute Gasteiger partial charge is 0.485 e. The SMILES string of the molecule is CCN1C[C@@H](CN(C)C(=S)NC2CCCCC2)Oc2ccccc21. The Morgan fingerprint density at radius 3 is 2.79 bits per heavy atom. The summed E-state index contributed by atoms with van der Waals surface area (Å²) in [7, 11) is 2.07. The first kappa shape index (κ1) is 17.3. The molecule has 0 unspecified atom stereocenters. The number of para-hydroxylation sites is 2. The van der Waals surface area contributed by atoms with Gasteiger partial charge in [0.1, 0.15) is 11.9 Å². The van der Waals surface area contributed by atoms with Crippen molar-refractivity contribution >= 4 is 23.0 Å². The van der Waals surface area contributed by atoms with E-state index in [9.17, 15) is 0 Å². The van der Waals surface area contributed by atoms with Crippen LogP contribution in [-0.4, -0.2) is 48.8 Å². The van der Waals surface area contributed by atoms with Crippen LogP contribution in [0.3, 0.4) is 0 Å². The van der Waals surface area contributed by atoms with Crippen molar-refractivity contribution in [2.24, 2.45) is 0 Å². The van der Waals surface area contributed by atoms with Crippen molar-refractivity contribution in [2.45, 2.75) is 51.2 Å². The predicted molar refractivity (Wildman–Crippen MR) is 104 cm³/mol. The van der Waals surface area contributed by atoms with Gasteiger partial charge in [-0.15, -0.1) is 0 Å². The smallest absolute Gasteiger partial charge is 0.169 e. The molecule has 0 spiro atoms. The van der Waals surface area contributed by atoms with E-state index in [-0.39, 0.29) is 6.10 Å². The zero-order chi connectivity index (χ0) is 16.9. The molecule has 1 aliphatic heterocycles. The van der Waals surface area contributed by atoms with Crippen LogP contribution in [0.2, 0.25) is 0 Å². The lowest BCUT2D eigenvalue weighted by Crippen LogP contribution is -2.50. The molecule has 0 bridgehead atoms. The van der Waals surface area contributed by atoms with Gasteiger partial charge < -0.3 is 19.9 Å². The van der Waals surface area contributed by atoms with Gasteiger partial charge in [0.05, 0.1) is 18.8 Å². The number of anilines is 1. The summed E-state index contributed by atoms with van der Waals surface area (Å²) in [6.45, 7) is 4.90. The van der Waals surface area contributed by atoms with E-state index in [2.05, 4.69) is 47.3 Å². The van der Waals surface area contributed by atoms with Gasteiger partial charge in [0.25, 0.3) is 0 Å². The Morgan fingerprint density at radius 2 is 2.04 bits per heavy atom. The lowest BCUT2D eigenvalue weighted by molar-refractivity contribution is 0.167. The lowest BCUT2D eigenvalue weighted by atomic mass is 9.96. The van der Waals surface area contributed by atoms with E-state index >= 15 is 0 Å². The highest BCUT2D eigenvalue weighted by Gasteiger charge is 2.26. The van der Waals surface area contributed by atoms with Crippen molar-refractivity contribution in [3.05, 3.63) is 24.3 Å². The molecule has 1 heterocycles. The molecule has 4 nitrogen and oxygen atoms in total. The molecule has 0 radical (unpaired) electrons. The number of nitrogens with one attached hydrogen (secondary N) is 1. The molecule has 2 aliphatic rings. The fourth-order valence-corrected chi connectivity index (χ4v) is 3.93. The second-order valence-electron chi connectivity index (χ2n) is 6.91. The number of likely N-dealkylation sites (N-methyl/N-ethyl adjacent to an activating group) is 2. The monoisotopic (exact) mass is 347 g/mol. The van der Waals surface area contributed by atoms with E-state index in [1.165, 1.54) is 37.8 Å². The molecule has 1 aromatic carbocycles. The van der Waals surface area contributed by atoms with E-state index in [1.54, 1.807) is 0 Å². The first-order chi connectivity index (χ1) is 11.7. The summed E-state index contributed by atoms with van der Waals surface area (Å²) < 4.78 is 6.20. The quantitative estimate of drug-likeness (QED) is 0.843. The van der Waals surface area contributed by atoms with Gasteiger partial charge in [-0.2, -0.15) is 0 Å². The number of ether oxygens (including phenoxy) is 1. The van der Waals surface area contributed by atoms with Crippen LogP contribution in [-0.2, 0) is 0 Å². The van der Waals surface area contributed by atoms with E-state index in [4.69, 9.17) is 17.0 Å². The minimum atomic E-state index is 0.135. The van der Waals surface area contributed by atoms with Crippen molar-refractivity contribution in [1.29, 1.82) is 0 Å². The molecule has 0 saturated heterocycles. The highest BCUT2D eigenvalue weighted by atomic mass is 32.1. The number of thiocarbonyl (C=S) groups is 1. The maximum Gasteiger partial charge on any atom is 0.169 e. The fourth-order valence-electron chi connectivity index (χ4n) is 3.69. The lowest BCUT2D eigenvalue weighted by Gasteiger charge is -2.38. The first-order valence-electron chi connectivity index (χ1n) is 9.19. The number of hydrogen-bond donors (Lipinski definition) is 1. The third kappa shape index (κ3) is 4.12. The summed E-state index contributed by atoms with van der Waals surface area (Å²) in [4.78, 5) is 4.52. The van der Waals surface area contributed by atoms with E-state index in [0.717, 1.165) is 30.5 Å². The molecule has 1 aromatic rings. The molecule has 3 rings (SSSR count). The van der Waals surface area contributed by atoms with Gasteiger partial charge in [-0.05, 0) is 44.1 Å². The third-order valence-electron chi connectivity index (χ3n) is 5.06. The van der Waals surface area contributed by atoms with E-state index in [1.807, 2.05) is 6.07 Å². The molecular weight excluding hydrogens is 318 g/mol. The molecular formula is C19H29N3OS. The molecule has 5 heteroatoms. The Hall–Kier alpha value is -1.49. The van der Waals surface area contributed by atoms with Crippen LogP contribution in [0.4, 0.5) is 5.69 Å². The standard InChI is InChI=1S/C19H29N3OS/c1-3-22-14-16(23-18-12-8-7-11-17(18)22)13-21(2)19(24)20-15-9-5-4-6-10-15/h7-8,11-12,15-16H,3-6,9-10,13-14H2,1-2H3,(H,20,24)/t16-/m1/s1. The van der Waals surface area contributed by atoms with Crippen LogP contribution < -0.4 is 15.0 Å². The second kappa shape index (κ2) is 8.06. The zero-order valence-corrected chi connectivity index (χ0v) is 15.6. The fraction of sp³-hybridized carbons (Fsp3) is 0.632. The topological polar surface area (TPSA) is 27.7 Å². The minimum absolute atomic E-state index is 0.135. The molecule has 1 atom stereocenters. The number of hydrogen-bond acceptors (Lipinski definition) is 3. The maximum atomic E-state index is 6.20. The molecule has 1 N–H and O–H groups in total. The third-order valence-corrected chi connectivity index (χ3v) is 5.49. The summed E-state index contributed by atoms with van der Waals surface area (Å²) in [5, 5.41) is 4.39. The second-order valence-corrected chi connectivity index (χ2v) is 7.30. The highest BCUT2D eigenvalue weighted by Crippen LogP contribution is 2.32. The van der Waals surface area contributed by atoms with Gasteiger partial charge in [-0.1, -0.05) is 31.4 Å². The molecule has 1 fully saturated rings. The van der Waals surface area contributed by atoms with Crippen LogP contribution >= 0.6 is 12.2 Å². The molecule has 1 saturated carbocycles. The molecule has 1 aliphatic carbocycles. The van der Waals surface area contributed by atoms with Crippen molar-refractivity contribution in [1.82, 2.24) is 10.2 Å². The molecule has 0 amide bonds. The number of rotatable bonds is 4. The van der Waals surface area contributed by atoms with Crippen molar-refractivity contribution in [3.8, 4) is 5.75 Å². The number of nitrogens with zero attached hydrogens (tertiary/aromatic N) is 2. The Bertz CT molecular complexity index is 559. The van der Waals surface area contributed by atoms with E-state index < -0.39 is 0 Å². The van der Waals surface area contributed by atoms with Gasteiger partial charge in [0.15, 0.2) is 5.11 Å². The summed E-state index contributed by atoms with van der Waals surface area (Å²) in [5.41, 5.74) is 1.20. The first-order valence-corrected chi connectivity index (χ1v) is 9.60. The minimum Gasteiger partial charge on any atom is -0.485 e. The van der Waals surface area contributed by atoms with Crippen LogP contribution in [0.15, 0.2) is 24.3 Å². The average molecular weight is 348 g/mol. The Balaban J connectivity index is 1.56. The van der Waals surface area contributed by atoms with Crippen molar-refractivity contribution in [3.63, 3.8) is 0 Å². The van der Waals surface area contributed by atoms with Crippen LogP contribution in [0.25, 0.3) is 0 Å². The van der Waals surface area contributed by atoms with Gasteiger partial charge >= 0.3 is 0 Å². The summed E-state index contributed by atoms with van der Waals surface area (Å²) >= 11 is 5.61. The molecule has 0 aromatic heterocycles.